The van der Waals surface area contributed by atoms with Crippen molar-refractivity contribution in [2.45, 2.75) is 19.8 Å². The van der Waals surface area contributed by atoms with Gasteiger partial charge in [0.25, 0.3) is 5.91 Å². The van der Waals surface area contributed by atoms with E-state index in [2.05, 4.69) is 20.6 Å². The molecule has 0 radical (unpaired) electrons. The van der Waals surface area contributed by atoms with Crippen LogP contribution in [0.4, 0.5) is 0 Å². The molecule has 2 aromatic rings. The third-order valence-corrected chi connectivity index (χ3v) is 3.33. The first-order chi connectivity index (χ1) is 10.0. The number of amides is 2. The predicted molar refractivity (Wildman–Crippen MR) is 80.0 cm³/mol. The van der Waals surface area contributed by atoms with Gasteiger partial charge in [-0.25, -0.2) is 9.97 Å². The van der Waals surface area contributed by atoms with E-state index < -0.39 is 0 Å². The van der Waals surface area contributed by atoms with Crippen molar-refractivity contribution in [3.05, 3.63) is 35.8 Å². The Balaban J connectivity index is 2.46. The first kappa shape index (κ1) is 14.9. The minimum absolute atomic E-state index is 0.0669. The summed E-state index contributed by atoms with van der Waals surface area (Å²) in [6.07, 6.45) is 1.39. The summed E-state index contributed by atoms with van der Waals surface area (Å²) >= 11 is 0. The van der Waals surface area contributed by atoms with Crippen LogP contribution in [0.25, 0.3) is 10.9 Å². The molecule has 0 spiro atoms. The second-order valence-corrected chi connectivity index (χ2v) is 4.88. The summed E-state index contributed by atoms with van der Waals surface area (Å²) in [7, 11) is 1.57. The summed E-state index contributed by atoms with van der Waals surface area (Å²) in [6.45, 7) is 4.02. The molecule has 1 aromatic heterocycles. The van der Waals surface area contributed by atoms with Crippen LogP contribution in [0.5, 0.6) is 0 Å². The smallest absolute Gasteiger partial charge is 0.270 e. The monoisotopic (exact) mass is 286 g/mol. The molecule has 21 heavy (non-hydrogen) atoms. The van der Waals surface area contributed by atoms with Crippen LogP contribution in [0, 0.1) is 0 Å². The molecule has 0 unspecified atom stereocenters. The van der Waals surface area contributed by atoms with E-state index in [0.717, 1.165) is 11.1 Å². The predicted octanol–water partition coefficient (Wildman–Crippen LogP) is 1.23. The second kappa shape index (κ2) is 6.30. The topological polar surface area (TPSA) is 84.0 Å². The molecule has 6 nitrogen and oxygen atoms in total. The van der Waals surface area contributed by atoms with Crippen molar-refractivity contribution >= 4 is 22.7 Å². The van der Waals surface area contributed by atoms with Gasteiger partial charge in [-0.3, -0.25) is 9.59 Å². The van der Waals surface area contributed by atoms with Gasteiger partial charge in [0.05, 0.1) is 5.52 Å². The van der Waals surface area contributed by atoms with Crippen LogP contribution in [0.1, 0.15) is 35.8 Å². The molecule has 1 heterocycles. The molecule has 0 aliphatic rings. The van der Waals surface area contributed by atoms with Crippen LogP contribution < -0.4 is 10.6 Å². The molecule has 110 valence electrons. The lowest BCUT2D eigenvalue weighted by atomic mass is 9.97. The van der Waals surface area contributed by atoms with Crippen LogP contribution in [0.2, 0.25) is 0 Å². The maximum atomic E-state index is 11.9. The van der Waals surface area contributed by atoms with Gasteiger partial charge in [0, 0.05) is 31.8 Å². The molecule has 0 saturated carbocycles. The summed E-state index contributed by atoms with van der Waals surface area (Å²) in [4.78, 5) is 31.3. The number of carbonyl (C=O) groups excluding carboxylic acids is 2. The molecule has 2 N–H and O–H groups in total. The van der Waals surface area contributed by atoms with Gasteiger partial charge in [0.15, 0.2) is 0 Å². The Hall–Kier alpha value is -2.50. The highest BCUT2D eigenvalue weighted by atomic mass is 16.2. The number of aromatic nitrogens is 2. The zero-order valence-electron chi connectivity index (χ0n) is 12.3. The molecule has 0 fully saturated rings. The van der Waals surface area contributed by atoms with E-state index in [4.69, 9.17) is 0 Å². The van der Waals surface area contributed by atoms with Crippen molar-refractivity contribution < 1.29 is 9.59 Å². The van der Waals surface area contributed by atoms with E-state index in [9.17, 15) is 9.59 Å². The number of hydrogen-bond acceptors (Lipinski definition) is 4. The van der Waals surface area contributed by atoms with Crippen molar-refractivity contribution in [3.63, 3.8) is 0 Å². The molecule has 1 aromatic carbocycles. The SMILES string of the molecule is CNC(=O)c1ncnc2c([C@H](C)CNC(C)=O)cccc12. The van der Waals surface area contributed by atoms with Crippen molar-refractivity contribution in [2.24, 2.45) is 0 Å². The average molecular weight is 286 g/mol. The van der Waals surface area contributed by atoms with E-state index in [1.165, 1.54) is 13.3 Å². The molecule has 0 aliphatic carbocycles. The Morgan fingerprint density at radius 2 is 2.05 bits per heavy atom. The molecule has 0 saturated heterocycles. The minimum Gasteiger partial charge on any atom is -0.356 e. The summed E-state index contributed by atoms with van der Waals surface area (Å²) in [5.74, 6) is -0.220. The molecule has 2 amide bonds. The number of para-hydroxylation sites is 1. The van der Waals surface area contributed by atoms with E-state index in [1.54, 1.807) is 7.05 Å². The highest BCUT2D eigenvalue weighted by Crippen LogP contribution is 2.24. The fraction of sp³-hybridized carbons (Fsp3) is 0.333. The fourth-order valence-electron chi connectivity index (χ4n) is 2.21. The summed E-state index contributed by atoms with van der Waals surface area (Å²) in [6, 6.07) is 5.65. The Bertz CT molecular complexity index is 684. The van der Waals surface area contributed by atoms with Gasteiger partial charge in [-0.1, -0.05) is 25.1 Å². The second-order valence-electron chi connectivity index (χ2n) is 4.88. The molecule has 2 rings (SSSR count). The first-order valence-electron chi connectivity index (χ1n) is 6.74. The molecule has 0 bridgehead atoms. The maximum Gasteiger partial charge on any atom is 0.270 e. The lowest BCUT2D eigenvalue weighted by Crippen LogP contribution is -2.25. The zero-order chi connectivity index (χ0) is 15.4. The number of rotatable bonds is 4. The molecule has 1 atom stereocenters. The van der Waals surface area contributed by atoms with E-state index >= 15 is 0 Å². The van der Waals surface area contributed by atoms with E-state index in [0.29, 0.717) is 17.6 Å². The number of fused-ring (bicyclic) bond motifs is 1. The van der Waals surface area contributed by atoms with Crippen molar-refractivity contribution in [1.82, 2.24) is 20.6 Å². The van der Waals surface area contributed by atoms with Gasteiger partial charge in [-0.05, 0) is 5.56 Å². The Morgan fingerprint density at radius 3 is 2.71 bits per heavy atom. The highest BCUT2D eigenvalue weighted by molar-refractivity contribution is 6.04. The Morgan fingerprint density at radius 1 is 1.29 bits per heavy atom. The Kier molecular flexibility index (Phi) is 4.47. The number of hydrogen-bond donors (Lipinski definition) is 2. The molecular weight excluding hydrogens is 268 g/mol. The van der Waals surface area contributed by atoms with Crippen molar-refractivity contribution in [3.8, 4) is 0 Å². The quantitative estimate of drug-likeness (QED) is 0.885. The third-order valence-electron chi connectivity index (χ3n) is 3.33. The van der Waals surface area contributed by atoms with Crippen LogP contribution in [-0.4, -0.2) is 35.4 Å². The highest BCUT2D eigenvalue weighted by Gasteiger charge is 2.16. The van der Waals surface area contributed by atoms with Crippen LogP contribution >= 0.6 is 0 Å². The van der Waals surface area contributed by atoms with Crippen LogP contribution in [0.3, 0.4) is 0 Å². The van der Waals surface area contributed by atoms with Gasteiger partial charge in [0.2, 0.25) is 5.91 Å². The first-order valence-corrected chi connectivity index (χ1v) is 6.74. The van der Waals surface area contributed by atoms with Gasteiger partial charge in [0.1, 0.15) is 12.0 Å². The molecule has 0 aliphatic heterocycles. The zero-order valence-corrected chi connectivity index (χ0v) is 12.3. The largest absolute Gasteiger partial charge is 0.356 e. The summed E-state index contributed by atoms with van der Waals surface area (Å²) in [5, 5.41) is 6.08. The van der Waals surface area contributed by atoms with Crippen LogP contribution in [-0.2, 0) is 4.79 Å². The molecule has 6 heteroatoms. The normalized spacial score (nSPS) is 12.0. The van der Waals surface area contributed by atoms with E-state index in [1.807, 2.05) is 25.1 Å². The Labute approximate surface area is 123 Å². The average Bonchev–Trinajstić information content (AvgIpc) is 2.50. The molecular formula is C15H18N4O2. The van der Waals surface area contributed by atoms with Crippen molar-refractivity contribution in [2.75, 3.05) is 13.6 Å². The lowest BCUT2D eigenvalue weighted by Gasteiger charge is -2.15. The van der Waals surface area contributed by atoms with Gasteiger partial charge in [-0.2, -0.15) is 0 Å². The maximum absolute atomic E-state index is 11.9. The third kappa shape index (κ3) is 3.16. The minimum atomic E-state index is -0.242. The number of benzene rings is 1. The standard InChI is InChI=1S/C15H18N4O2/c1-9(7-17-10(2)20)11-5-4-6-12-13(11)18-8-19-14(12)15(21)16-3/h4-6,8-9H,7H2,1-3H3,(H,16,21)(H,17,20)/t9-/m1/s1. The fourth-order valence-corrected chi connectivity index (χ4v) is 2.21. The summed E-state index contributed by atoms with van der Waals surface area (Å²) < 4.78 is 0. The van der Waals surface area contributed by atoms with Gasteiger partial charge >= 0.3 is 0 Å². The number of nitrogens with one attached hydrogen (secondary N) is 2. The van der Waals surface area contributed by atoms with Crippen molar-refractivity contribution in [1.29, 1.82) is 0 Å². The van der Waals surface area contributed by atoms with Crippen LogP contribution in [0.15, 0.2) is 24.5 Å². The number of carbonyl (C=O) groups is 2. The van der Waals surface area contributed by atoms with Gasteiger partial charge < -0.3 is 10.6 Å². The summed E-state index contributed by atoms with van der Waals surface area (Å²) in [5.41, 5.74) is 2.08. The lowest BCUT2D eigenvalue weighted by molar-refractivity contribution is -0.119. The van der Waals surface area contributed by atoms with Gasteiger partial charge in [-0.15, -0.1) is 0 Å². The van der Waals surface area contributed by atoms with E-state index in [-0.39, 0.29) is 17.7 Å². The number of nitrogens with zero attached hydrogens (tertiary/aromatic N) is 2.